The summed E-state index contributed by atoms with van der Waals surface area (Å²) in [5.74, 6) is -0.0918. The molecule has 2 aromatic heterocycles. The molecule has 0 spiro atoms. The number of aromatic nitrogens is 2. The Hall–Kier alpha value is -3.91. The quantitative estimate of drug-likeness (QED) is 0.120. The number of aryl methyl sites for hydroxylation is 1. The highest BCUT2D eigenvalue weighted by molar-refractivity contribution is 5.91. The van der Waals surface area contributed by atoms with E-state index in [1.165, 1.54) is 23.3 Å². The van der Waals surface area contributed by atoms with Crippen molar-refractivity contribution in [3.05, 3.63) is 107 Å². The van der Waals surface area contributed by atoms with Gasteiger partial charge in [-0.15, -0.1) is 0 Å². The zero-order valence-electron chi connectivity index (χ0n) is 24.3. The third-order valence-corrected chi connectivity index (χ3v) is 7.46. The van der Waals surface area contributed by atoms with Gasteiger partial charge in [0.1, 0.15) is 0 Å². The number of nitrogens with one attached hydrogen (secondary N) is 2. The van der Waals surface area contributed by atoms with E-state index >= 15 is 0 Å². The van der Waals surface area contributed by atoms with Gasteiger partial charge in [-0.1, -0.05) is 42.8 Å². The van der Waals surface area contributed by atoms with Gasteiger partial charge in [-0.2, -0.15) is 13.2 Å². The van der Waals surface area contributed by atoms with Crippen molar-refractivity contribution < 1.29 is 18.0 Å². The van der Waals surface area contributed by atoms with Crippen molar-refractivity contribution in [2.45, 2.75) is 64.7 Å². The standard InChI is InChI=1S/C34H39F3N4O/c1-25(2)41(20-17-29-23-40-32-21-30(34(35,36)37)14-15-31(29)32)24-28-11-9-26(10-12-28)7-4-3-5-19-39-33(42)16-13-27-8-6-18-38-22-27/h6,8-16,18,21-23,25,40H,3-5,7,17,19-20,24H2,1-2H3,(H,39,42)/b16-13+. The molecule has 4 rings (SSSR count). The molecule has 0 bridgehead atoms. The Kier molecular flexibility index (Phi) is 11.0. The molecule has 4 aromatic rings. The van der Waals surface area contributed by atoms with Crippen LogP contribution in [0.2, 0.25) is 0 Å². The van der Waals surface area contributed by atoms with Crippen molar-refractivity contribution in [2.24, 2.45) is 0 Å². The van der Waals surface area contributed by atoms with E-state index in [0.29, 0.717) is 18.1 Å². The van der Waals surface area contributed by atoms with Crippen LogP contribution in [0.3, 0.4) is 0 Å². The molecule has 42 heavy (non-hydrogen) atoms. The van der Waals surface area contributed by atoms with E-state index in [1.807, 2.05) is 18.3 Å². The largest absolute Gasteiger partial charge is 0.416 e. The number of aromatic amines is 1. The number of H-pyrrole nitrogens is 1. The van der Waals surface area contributed by atoms with Crippen LogP contribution < -0.4 is 5.32 Å². The van der Waals surface area contributed by atoms with Crippen molar-refractivity contribution in [2.75, 3.05) is 13.1 Å². The number of hydrogen-bond donors (Lipinski definition) is 2. The first kappa shape index (κ1) is 31.0. The number of amides is 1. The van der Waals surface area contributed by atoms with Crippen molar-refractivity contribution in [1.29, 1.82) is 0 Å². The Balaban J connectivity index is 1.18. The summed E-state index contributed by atoms with van der Waals surface area (Å²) in [4.78, 5) is 21.4. The molecule has 0 saturated carbocycles. The minimum absolute atomic E-state index is 0.0918. The van der Waals surface area contributed by atoms with Crippen LogP contribution in [0.5, 0.6) is 0 Å². The topological polar surface area (TPSA) is 61.0 Å². The highest BCUT2D eigenvalue weighted by atomic mass is 19.4. The van der Waals surface area contributed by atoms with E-state index in [9.17, 15) is 18.0 Å². The van der Waals surface area contributed by atoms with Gasteiger partial charge in [0.15, 0.2) is 0 Å². The molecule has 1 amide bonds. The first-order chi connectivity index (χ1) is 20.2. The monoisotopic (exact) mass is 576 g/mol. The van der Waals surface area contributed by atoms with Gasteiger partial charge in [-0.3, -0.25) is 14.7 Å². The first-order valence-electron chi connectivity index (χ1n) is 14.5. The lowest BCUT2D eigenvalue weighted by Crippen LogP contribution is -2.32. The molecule has 0 atom stereocenters. The molecule has 2 aromatic carbocycles. The molecule has 0 aliphatic heterocycles. The number of halogens is 3. The molecule has 0 aliphatic rings. The number of fused-ring (bicyclic) bond motifs is 1. The zero-order chi connectivity index (χ0) is 30.0. The highest BCUT2D eigenvalue weighted by Gasteiger charge is 2.30. The third-order valence-electron chi connectivity index (χ3n) is 7.46. The number of pyridine rings is 1. The Morgan fingerprint density at radius 2 is 1.81 bits per heavy atom. The summed E-state index contributed by atoms with van der Waals surface area (Å²) < 4.78 is 39.2. The Labute approximate surface area is 245 Å². The van der Waals surface area contributed by atoms with Crippen LogP contribution in [0.25, 0.3) is 17.0 Å². The van der Waals surface area contributed by atoms with Crippen molar-refractivity contribution in [1.82, 2.24) is 20.2 Å². The van der Waals surface area contributed by atoms with Gasteiger partial charge in [-0.05, 0) is 86.1 Å². The van der Waals surface area contributed by atoms with Crippen LogP contribution in [0.4, 0.5) is 13.2 Å². The van der Waals surface area contributed by atoms with Crippen LogP contribution in [0.15, 0.2) is 79.3 Å². The molecule has 5 nitrogen and oxygen atoms in total. The van der Waals surface area contributed by atoms with Gasteiger partial charge in [0, 0.05) is 61.2 Å². The Morgan fingerprint density at radius 3 is 2.52 bits per heavy atom. The predicted molar refractivity (Wildman–Crippen MR) is 163 cm³/mol. The van der Waals surface area contributed by atoms with Gasteiger partial charge in [0.2, 0.25) is 5.91 Å². The van der Waals surface area contributed by atoms with E-state index in [0.717, 1.165) is 67.8 Å². The summed E-state index contributed by atoms with van der Waals surface area (Å²) in [5, 5.41) is 3.77. The number of carbonyl (C=O) groups is 1. The minimum Gasteiger partial charge on any atom is -0.361 e. The summed E-state index contributed by atoms with van der Waals surface area (Å²) in [6.07, 6.45) is 8.99. The number of alkyl halides is 3. The van der Waals surface area contributed by atoms with Crippen molar-refractivity contribution in [3.63, 3.8) is 0 Å². The first-order valence-corrected chi connectivity index (χ1v) is 14.5. The molecule has 0 aliphatic carbocycles. The zero-order valence-corrected chi connectivity index (χ0v) is 24.3. The minimum atomic E-state index is -4.35. The highest BCUT2D eigenvalue weighted by Crippen LogP contribution is 2.32. The smallest absolute Gasteiger partial charge is 0.361 e. The number of rotatable bonds is 14. The molecule has 0 radical (unpaired) electrons. The fraction of sp³-hybridized carbons (Fsp3) is 0.353. The summed E-state index contributed by atoms with van der Waals surface area (Å²) in [6.45, 7) is 6.61. The fourth-order valence-electron chi connectivity index (χ4n) is 4.95. The maximum Gasteiger partial charge on any atom is 0.416 e. The van der Waals surface area contributed by atoms with Crippen LogP contribution in [0, 0.1) is 0 Å². The molecule has 0 saturated heterocycles. The number of unbranched alkanes of at least 4 members (excludes halogenated alkanes) is 2. The maximum absolute atomic E-state index is 13.1. The molecule has 2 N–H and O–H groups in total. The normalized spacial score (nSPS) is 12.2. The third kappa shape index (κ3) is 9.31. The molecule has 0 unspecified atom stereocenters. The Morgan fingerprint density at radius 1 is 1.02 bits per heavy atom. The van der Waals surface area contributed by atoms with Gasteiger partial charge >= 0.3 is 6.18 Å². The van der Waals surface area contributed by atoms with Crippen LogP contribution in [0.1, 0.15) is 60.9 Å². The van der Waals surface area contributed by atoms with Gasteiger partial charge in [0.05, 0.1) is 5.56 Å². The van der Waals surface area contributed by atoms with E-state index in [2.05, 4.69) is 58.3 Å². The Bertz CT molecular complexity index is 1440. The van der Waals surface area contributed by atoms with Crippen LogP contribution in [-0.4, -0.2) is 39.9 Å². The average Bonchev–Trinajstić information content (AvgIpc) is 3.39. The molecular weight excluding hydrogens is 537 g/mol. The SMILES string of the molecule is CC(C)N(CCc1c[nH]c2cc(C(F)(F)F)ccc12)Cc1ccc(CCCCCNC(=O)/C=C/c2cccnc2)cc1. The van der Waals surface area contributed by atoms with Crippen LogP contribution >= 0.6 is 0 Å². The lowest BCUT2D eigenvalue weighted by atomic mass is 10.0. The van der Waals surface area contributed by atoms with E-state index < -0.39 is 11.7 Å². The molecule has 222 valence electrons. The molecule has 2 heterocycles. The number of benzene rings is 2. The number of hydrogen-bond acceptors (Lipinski definition) is 3. The van der Waals surface area contributed by atoms with E-state index in [-0.39, 0.29) is 5.91 Å². The second-order valence-corrected chi connectivity index (χ2v) is 10.9. The summed E-state index contributed by atoms with van der Waals surface area (Å²) >= 11 is 0. The molecule has 0 fully saturated rings. The summed E-state index contributed by atoms with van der Waals surface area (Å²) in [7, 11) is 0. The van der Waals surface area contributed by atoms with E-state index in [1.54, 1.807) is 24.5 Å². The van der Waals surface area contributed by atoms with E-state index in [4.69, 9.17) is 0 Å². The lowest BCUT2D eigenvalue weighted by Gasteiger charge is -2.26. The van der Waals surface area contributed by atoms with Crippen molar-refractivity contribution >= 4 is 22.9 Å². The number of nitrogens with zero attached hydrogens (tertiary/aromatic N) is 2. The average molecular weight is 577 g/mol. The van der Waals surface area contributed by atoms with Gasteiger partial charge in [0.25, 0.3) is 0 Å². The second-order valence-electron chi connectivity index (χ2n) is 10.9. The fourth-order valence-corrected chi connectivity index (χ4v) is 4.95. The molecular formula is C34H39F3N4O. The number of carbonyl (C=O) groups excluding carboxylic acids is 1. The van der Waals surface area contributed by atoms with Gasteiger partial charge in [-0.25, -0.2) is 0 Å². The predicted octanol–water partition coefficient (Wildman–Crippen LogP) is 7.58. The van der Waals surface area contributed by atoms with Crippen LogP contribution in [-0.2, 0) is 30.4 Å². The second kappa shape index (κ2) is 14.8. The maximum atomic E-state index is 13.1. The summed E-state index contributed by atoms with van der Waals surface area (Å²) in [5.41, 5.74) is 4.35. The lowest BCUT2D eigenvalue weighted by molar-refractivity contribution is -0.137. The molecule has 8 heteroatoms. The summed E-state index contributed by atoms with van der Waals surface area (Å²) in [6, 6.07) is 16.7. The van der Waals surface area contributed by atoms with Crippen molar-refractivity contribution in [3.8, 4) is 0 Å². The van der Waals surface area contributed by atoms with Gasteiger partial charge < -0.3 is 10.3 Å².